The van der Waals surface area contributed by atoms with Crippen molar-refractivity contribution in [1.29, 1.82) is 0 Å². The lowest BCUT2D eigenvalue weighted by atomic mass is 10.0. The maximum Gasteiger partial charge on any atom is 0.305 e. The highest BCUT2D eigenvalue weighted by Crippen LogP contribution is 2.23. The van der Waals surface area contributed by atoms with Crippen LogP contribution >= 0.6 is 0 Å². The van der Waals surface area contributed by atoms with Gasteiger partial charge in [0.15, 0.2) is 0 Å². The zero-order valence-electron chi connectivity index (χ0n) is 10.0. The Labute approximate surface area is 101 Å². The van der Waals surface area contributed by atoms with Crippen molar-refractivity contribution >= 4 is 11.9 Å². The average Bonchev–Trinajstić information content (AvgIpc) is 2.87. The van der Waals surface area contributed by atoms with Crippen molar-refractivity contribution in [1.82, 2.24) is 10.2 Å². The van der Waals surface area contributed by atoms with Crippen LogP contribution in [0.3, 0.4) is 0 Å². The second-order valence-electron chi connectivity index (χ2n) is 5.04. The normalized spacial score (nSPS) is 28.6. The minimum absolute atomic E-state index is 0.0747. The summed E-state index contributed by atoms with van der Waals surface area (Å²) in [5, 5.41) is 12.1. The van der Waals surface area contributed by atoms with E-state index in [1.54, 1.807) is 4.90 Å². The maximum atomic E-state index is 12.1. The molecule has 0 saturated carbocycles. The molecule has 0 spiro atoms. The summed E-state index contributed by atoms with van der Waals surface area (Å²) in [7, 11) is 0. The molecule has 2 aliphatic heterocycles. The van der Waals surface area contributed by atoms with Gasteiger partial charge in [-0.3, -0.25) is 9.59 Å². The van der Waals surface area contributed by atoms with E-state index in [2.05, 4.69) is 5.32 Å². The highest BCUT2D eigenvalue weighted by molar-refractivity contribution is 5.78. The van der Waals surface area contributed by atoms with Crippen LogP contribution in [0.5, 0.6) is 0 Å². The molecule has 17 heavy (non-hydrogen) atoms. The molecule has 0 aromatic heterocycles. The highest BCUT2D eigenvalue weighted by Gasteiger charge is 2.31. The second-order valence-corrected chi connectivity index (χ2v) is 5.04. The molecule has 1 amide bonds. The first-order valence-electron chi connectivity index (χ1n) is 6.39. The van der Waals surface area contributed by atoms with E-state index in [9.17, 15) is 9.59 Å². The van der Waals surface area contributed by atoms with Crippen LogP contribution in [-0.2, 0) is 9.59 Å². The van der Waals surface area contributed by atoms with Crippen molar-refractivity contribution in [2.24, 2.45) is 5.92 Å². The van der Waals surface area contributed by atoms with Gasteiger partial charge in [0.05, 0.1) is 6.42 Å². The highest BCUT2D eigenvalue weighted by atomic mass is 16.4. The van der Waals surface area contributed by atoms with E-state index in [4.69, 9.17) is 5.11 Å². The summed E-state index contributed by atoms with van der Waals surface area (Å²) in [5.74, 6) is -0.228. The monoisotopic (exact) mass is 240 g/mol. The molecular formula is C12H20N2O3. The van der Waals surface area contributed by atoms with Crippen molar-refractivity contribution < 1.29 is 14.7 Å². The minimum atomic E-state index is -0.808. The number of nitrogens with zero attached hydrogens (tertiary/aromatic N) is 1. The molecular weight excluding hydrogens is 220 g/mol. The predicted octanol–water partition coefficient (Wildman–Crippen LogP) is 0.452. The van der Waals surface area contributed by atoms with Crippen LogP contribution in [0.15, 0.2) is 0 Å². The fourth-order valence-corrected chi connectivity index (χ4v) is 2.83. The first kappa shape index (κ1) is 12.4. The van der Waals surface area contributed by atoms with Gasteiger partial charge in [-0.1, -0.05) is 0 Å². The molecule has 2 N–H and O–H groups in total. The molecule has 2 saturated heterocycles. The van der Waals surface area contributed by atoms with Crippen LogP contribution in [0.4, 0.5) is 0 Å². The van der Waals surface area contributed by atoms with E-state index in [0.717, 1.165) is 38.9 Å². The molecule has 96 valence electrons. The lowest BCUT2D eigenvalue weighted by Gasteiger charge is -2.24. The molecule has 0 bridgehead atoms. The van der Waals surface area contributed by atoms with E-state index < -0.39 is 5.97 Å². The quantitative estimate of drug-likeness (QED) is 0.748. The first-order chi connectivity index (χ1) is 8.16. The van der Waals surface area contributed by atoms with Crippen LogP contribution in [0.1, 0.15) is 32.1 Å². The first-order valence-corrected chi connectivity index (χ1v) is 6.39. The Morgan fingerprint density at radius 3 is 2.76 bits per heavy atom. The summed E-state index contributed by atoms with van der Waals surface area (Å²) in [6.07, 6.45) is 3.49. The number of carboxylic acid groups (broad SMARTS) is 1. The summed E-state index contributed by atoms with van der Waals surface area (Å²) in [6, 6.07) is -0.0747. The SMILES string of the molecule is O=C(O)CC1CCCN1C(=O)CC1CCNC1. The van der Waals surface area contributed by atoms with Crippen LogP contribution in [0, 0.1) is 5.92 Å². The fraction of sp³-hybridized carbons (Fsp3) is 0.833. The number of carbonyl (C=O) groups is 2. The van der Waals surface area contributed by atoms with Gasteiger partial charge >= 0.3 is 5.97 Å². The molecule has 2 atom stereocenters. The number of aliphatic carboxylic acids is 1. The minimum Gasteiger partial charge on any atom is -0.481 e. The van der Waals surface area contributed by atoms with Gasteiger partial charge in [-0.25, -0.2) is 0 Å². The third-order valence-electron chi connectivity index (χ3n) is 3.73. The Hall–Kier alpha value is -1.10. The van der Waals surface area contributed by atoms with Gasteiger partial charge in [0.25, 0.3) is 0 Å². The van der Waals surface area contributed by atoms with E-state index in [-0.39, 0.29) is 18.4 Å². The van der Waals surface area contributed by atoms with Crippen LogP contribution < -0.4 is 5.32 Å². The van der Waals surface area contributed by atoms with Gasteiger partial charge in [-0.05, 0) is 38.3 Å². The van der Waals surface area contributed by atoms with Crippen molar-refractivity contribution in [2.45, 2.75) is 38.1 Å². The van der Waals surface area contributed by atoms with Crippen LogP contribution in [-0.4, -0.2) is 47.6 Å². The number of rotatable bonds is 4. The van der Waals surface area contributed by atoms with E-state index >= 15 is 0 Å². The zero-order valence-corrected chi connectivity index (χ0v) is 10.0. The Bertz CT molecular complexity index is 300. The second kappa shape index (κ2) is 5.49. The third-order valence-corrected chi connectivity index (χ3v) is 3.73. The molecule has 0 aromatic carbocycles. The number of hydrogen-bond donors (Lipinski definition) is 2. The molecule has 2 rings (SSSR count). The van der Waals surface area contributed by atoms with E-state index in [1.165, 1.54) is 0 Å². The Morgan fingerprint density at radius 2 is 2.12 bits per heavy atom. The van der Waals surface area contributed by atoms with E-state index in [1.807, 2.05) is 0 Å². The number of amides is 1. The van der Waals surface area contributed by atoms with Crippen LogP contribution in [0.25, 0.3) is 0 Å². The zero-order chi connectivity index (χ0) is 12.3. The van der Waals surface area contributed by atoms with Gasteiger partial charge in [0.2, 0.25) is 5.91 Å². The molecule has 0 radical (unpaired) electrons. The Kier molecular flexibility index (Phi) is 3.99. The largest absolute Gasteiger partial charge is 0.481 e. The summed E-state index contributed by atoms with van der Waals surface area (Å²) >= 11 is 0. The molecule has 5 nitrogen and oxygen atoms in total. The lowest BCUT2D eigenvalue weighted by molar-refractivity contribution is -0.140. The van der Waals surface area contributed by atoms with Crippen molar-refractivity contribution in [3.8, 4) is 0 Å². The van der Waals surface area contributed by atoms with Gasteiger partial charge in [-0.2, -0.15) is 0 Å². The Morgan fingerprint density at radius 1 is 1.29 bits per heavy atom. The molecule has 2 heterocycles. The maximum absolute atomic E-state index is 12.1. The molecule has 2 fully saturated rings. The van der Waals surface area contributed by atoms with Gasteiger partial charge < -0.3 is 15.3 Å². The van der Waals surface area contributed by atoms with E-state index in [0.29, 0.717) is 12.3 Å². The fourth-order valence-electron chi connectivity index (χ4n) is 2.83. The van der Waals surface area contributed by atoms with Gasteiger partial charge in [0, 0.05) is 19.0 Å². The molecule has 0 aliphatic carbocycles. The lowest BCUT2D eigenvalue weighted by Crippen LogP contribution is -2.37. The average molecular weight is 240 g/mol. The number of hydrogen-bond acceptors (Lipinski definition) is 3. The molecule has 5 heteroatoms. The summed E-state index contributed by atoms with van der Waals surface area (Å²) in [5.41, 5.74) is 0. The number of nitrogens with one attached hydrogen (secondary N) is 1. The molecule has 2 aliphatic rings. The Balaban J connectivity index is 1.86. The van der Waals surface area contributed by atoms with Crippen molar-refractivity contribution in [3.05, 3.63) is 0 Å². The summed E-state index contributed by atoms with van der Waals surface area (Å²) in [6.45, 7) is 2.65. The third kappa shape index (κ3) is 3.19. The smallest absolute Gasteiger partial charge is 0.305 e. The number of carboxylic acids is 1. The van der Waals surface area contributed by atoms with Crippen molar-refractivity contribution in [2.75, 3.05) is 19.6 Å². The van der Waals surface area contributed by atoms with Gasteiger partial charge in [0.1, 0.15) is 0 Å². The van der Waals surface area contributed by atoms with Crippen LogP contribution in [0.2, 0.25) is 0 Å². The topological polar surface area (TPSA) is 69.6 Å². The number of carbonyl (C=O) groups excluding carboxylic acids is 1. The predicted molar refractivity (Wildman–Crippen MR) is 62.6 cm³/mol. The molecule has 2 unspecified atom stereocenters. The van der Waals surface area contributed by atoms with Crippen molar-refractivity contribution in [3.63, 3.8) is 0 Å². The summed E-state index contributed by atoms with van der Waals surface area (Å²) in [4.78, 5) is 24.6. The summed E-state index contributed by atoms with van der Waals surface area (Å²) < 4.78 is 0. The van der Waals surface area contributed by atoms with Gasteiger partial charge in [-0.15, -0.1) is 0 Å². The molecule has 0 aromatic rings. The standard InChI is InChI=1S/C12H20N2O3/c15-11(6-9-3-4-13-8-9)14-5-1-2-10(14)7-12(16)17/h9-10,13H,1-8H2,(H,16,17). The number of likely N-dealkylation sites (tertiary alicyclic amines) is 1.